The van der Waals surface area contributed by atoms with Crippen LogP contribution < -0.4 is 15.5 Å². The van der Waals surface area contributed by atoms with Gasteiger partial charge in [0.25, 0.3) is 11.6 Å². The first-order chi connectivity index (χ1) is 13.3. The normalized spacial score (nSPS) is 11.4. The smallest absolute Gasteiger partial charge is 0.270 e. The number of hydrogen-bond acceptors (Lipinski definition) is 5. The Balaban J connectivity index is 1.98. The third-order valence-electron chi connectivity index (χ3n) is 4.32. The number of rotatable bonds is 8. The fourth-order valence-corrected chi connectivity index (χ4v) is 2.70. The highest BCUT2D eigenvalue weighted by Gasteiger charge is 2.18. The largest absolute Gasteiger partial charge is 0.372 e. The van der Waals surface area contributed by atoms with Crippen molar-refractivity contribution < 1.29 is 14.5 Å². The third-order valence-corrected chi connectivity index (χ3v) is 4.32. The van der Waals surface area contributed by atoms with Gasteiger partial charge < -0.3 is 15.5 Å². The zero-order chi connectivity index (χ0) is 20.7. The Morgan fingerprint density at radius 1 is 1.11 bits per heavy atom. The van der Waals surface area contributed by atoms with E-state index in [1.807, 2.05) is 12.1 Å². The molecule has 1 atom stereocenters. The topological polar surface area (TPSA) is 105 Å². The van der Waals surface area contributed by atoms with Crippen LogP contribution in [0.1, 0.15) is 31.1 Å². The monoisotopic (exact) mass is 384 g/mol. The van der Waals surface area contributed by atoms with Crippen LogP contribution in [0, 0.1) is 10.1 Å². The Kier molecular flexibility index (Phi) is 7.08. The summed E-state index contributed by atoms with van der Waals surface area (Å²) in [6.45, 7) is 7.48. The highest BCUT2D eigenvalue weighted by molar-refractivity contribution is 6.01. The molecular weight excluding hydrogens is 360 g/mol. The van der Waals surface area contributed by atoms with E-state index in [9.17, 15) is 19.7 Å². The molecule has 2 aromatic rings. The Labute approximate surface area is 163 Å². The second-order valence-corrected chi connectivity index (χ2v) is 6.21. The third kappa shape index (κ3) is 5.29. The minimum Gasteiger partial charge on any atom is -0.372 e. The molecule has 8 nitrogen and oxygen atoms in total. The molecule has 0 fully saturated rings. The molecule has 0 saturated heterocycles. The van der Waals surface area contributed by atoms with Crippen molar-refractivity contribution in [2.45, 2.75) is 26.8 Å². The molecule has 148 valence electrons. The van der Waals surface area contributed by atoms with Crippen LogP contribution in [-0.4, -0.2) is 35.9 Å². The van der Waals surface area contributed by atoms with Gasteiger partial charge in [-0.3, -0.25) is 19.7 Å². The summed E-state index contributed by atoms with van der Waals surface area (Å²) in [5, 5.41) is 16.1. The lowest BCUT2D eigenvalue weighted by molar-refractivity contribution is -0.384. The summed E-state index contributed by atoms with van der Waals surface area (Å²) in [7, 11) is 0. The SMILES string of the molecule is CCN(CC)c1ccc(NC(=O)C(C)NC(=O)c2cccc([N+](=O)[O-])c2)cc1. The van der Waals surface area contributed by atoms with Crippen LogP contribution in [0.15, 0.2) is 48.5 Å². The molecule has 0 bridgehead atoms. The van der Waals surface area contributed by atoms with Crippen LogP contribution in [0.3, 0.4) is 0 Å². The lowest BCUT2D eigenvalue weighted by atomic mass is 10.1. The number of benzene rings is 2. The Morgan fingerprint density at radius 3 is 2.32 bits per heavy atom. The predicted molar refractivity (Wildman–Crippen MR) is 109 cm³/mol. The molecule has 28 heavy (non-hydrogen) atoms. The van der Waals surface area contributed by atoms with Crippen LogP contribution in [-0.2, 0) is 4.79 Å². The maximum atomic E-state index is 12.3. The number of anilines is 2. The first kappa shape index (κ1) is 20.9. The Hall–Kier alpha value is -3.42. The summed E-state index contributed by atoms with van der Waals surface area (Å²) < 4.78 is 0. The lowest BCUT2D eigenvalue weighted by Gasteiger charge is -2.21. The van der Waals surface area contributed by atoms with Gasteiger partial charge >= 0.3 is 0 Å². The summed E-state index contributed by atoms with van der Waals surface area (Å²) in [4.78, 5) is 37.0. The number of carbonyl (C=O) groups excluding carboxylic acids is 2. The number of amides is 2. The van der Waals surface area contributed by atoms with Crippen molar-refractivity contribution in [1.29, 1.82) is 0 Å². The highest BCUT2D eigenvalue weighted by atomic mass is 16.6. The summed E-state index contributed by atoms with van der Waals surface area (Å²) in [6, 6.07) is 12.0. The van der Waals surface area contributed by atoms with Gasteiger partial charge in [0.2, 0.25) is 5.91 Å². The number of nitrogens with one attached hydrogen (secondary N) is 2. The Morgan fingerprint density at radius 2 is 1.75 bits per heavy atom. The molecular formula is C20H24N4O4. The van der Waals surface area contributed by atoms with Crippen molar-refractivity contribution in [3.8, 4) is 0 Å². The maximum Gasteiger partial charge on any atom is 0.270 e. The van der Waals surface area contributed by atoms with Gasteiger partial charge in [-0.15, -0.1) is 0 Å². The summed E-state index contributed by atoms with van der Waals surface area (Å²) >= 11 is 0. The van der Waals surface area contributed by atoms with E-state index in [2.05, 4.69) is 29.4 Å². The average molecular weight is 384 g/mol. The molecule has 0 aliphatic rings. The molecule has 0 aliphatic heterocycles. The summed E-state index contributed by atoms with van der Waals surface area (Å²) in [5.74, 6) is -0.933. The molecule has 0 saturated carbocycles. The lowest BCUT2D eigenvalue weighted by Crippen LogP contribution is -2.41. The fourth-order valence-electron chi connectivity index (χ4n) is 2.70. The molecule has 0 radical (unpaired) electrons. The van der Waals surface area contributed by atoms with Gasteiger partial charge in [-0.25, -0.2) is 0 Å². The molecule has 0 aliphatic carbocycles. The molecule has 0 heterocycles. The van der Waals surface area contributed by atoms with Gasteiger partial charge in [0.15, 0.2) is 0 Å². The summed E-state index contributed by atoms with van der Waals surface area (Å²) in [5.41, 5.74) is 1.63. The van der Waals surface area contributed by atoms with Gasteiger partial charge in [0.1, 0.15) is 6.04 Å². The van der Waals surface area contributed by atoms with E-state index in [1.165, 1.54) is 24.3 Å². The minimum atomic E-state index is -0.811. The van der Waals surface area contributed by atoms with Crippen LogP contribution >= 0.6 is 0 Å². The zero-order valence-electron chi connectivity index (χ0n) is 16.1. The van der Waals surface area contributed by atoms with Crippen LogP contribution in [0.25, 0.3) is 0 Å². The second-order valence-electron chi connectivity index (χ2n) is 6.21. The van der Waals surface area contributed by atoms with E-state index in [1.54, 1.807) is 19.1 Å². The minimum absolute atomic E-state index is 0.123. The van der Waals surface area contributed by atoms with Crippen molar-refractivity contribution in [3.05, 3.63) is 64.2 Å². The average Bonchev–Trinajstić information content (AvgIpc) is 2.70. The van der Waals surface area contributed by atoms with E-state index in [0.29, 0.717) is 5.69 Å². The molecule has 2 aromatic carbocycles. The van der Waals surface area contributed by atoms with Crippen molar-refractivity contribution >= 4 is 28.9 Å². The molecule has 0 aromatic heterocycles. The van der Waals surface area contributed by atoms with Crippen molar-refractivity contribution in [2.75, 3.05) is 23.3 Å². The Bertz CT molecular complexity index is 848. The molecule has 0 spiro atoms. The van der Waals surface area contributed by atoms with E-state index >= 15 is 0 Å². The van der Waals surface area contributed by atoms with Gasteiger partial charge in [0, 0.05) is 42.2 Å². The van der Waals surface area contributed by atoms with Gasteiger partial charge in [0.05, 0.1) is 4.92 Å². The van der Waals surface area contributed by atoms with E-state index in [-0.39, 0.29) is 17.2 Å². The van der Waals surface area contributed by atoms with E-state index in [0.717, 1.165) is 18.8 Å². The molecule has 2 rings (SSSR count). The van der Waals surface area contributed by atoms with Crippen molar-refractivity contribution in [1.82, 2.24) is 5.32 Å². The van der Waals surface area contributed by atoms with E-state index < -0.39 is 16.9 Å². The molecule has 8 heteroatoms. The number of hydrogen-bond donors (Lipinski definition) is 2. The number of carbonyl (C=O) groups is 2. The fraction of sp³-hybridized carbons (Fsp3) is 0.300. The van der Waals surface area contributed by atoms with Crippen LogP contribution in [0.2, 0.25) is 0 Å². The maximum absolute atomic E-state index is 12.3. The quantitative estimate of drug-likeness (QED) is 0.537. The van der Waals surface area contributed by atoms with Gasteiger partial charge in [-0.1, -0.05) is 6.07 Å². The first-order valence-corrected chi connectivity index (χ1v) is 9.06. The number of nitro groups is 1. The first-order valence-electron chi connectivity index (χ1n) is 9.06. The van der Waals surface area contributed by atoms with Crippen LogP contribution in [0.5, 0.6) is 0 Å². The second kappa shape index (κ2) is 9.50. The zero-order valence-corrected chi connectivity index (χ0v) is 16.1. The van der Waals surface area contributed by atoms with Crippen LogP contribution in [0.4, 0.5) is 17.1 Å². The highest BCUT2D eigenvalue weighted by Crippen LogP contribution is 2.18. The van der Waals surface area contributed by atoms with Crippen molar-refractivity contribution in [3.63, 3.8) is 0 Å². The molecule has 2 N–H and O–H groups in total. The predicted octanol–water partition coefficient (Wildman–Crippen LogP) is 3.20. The standard InChI is InChI=1S/C20H24N4O4/c1-4-23(5-2)17-11-9-16(10-12-17)22-19(25)14(3)21-20(26)15-7-6-8-18(13-15)24(27)28/h6-14H,4-5H2,1-3H3,(H,21,26)(H,22,25). The van der Waals surface area contributed by atoms with Crippen molar-refractivity contribution in [2.24, 2.45) is 0 Å². The molecule has 2 amide bonds. The van der Waals surface area contributed by atoms with Gasteiger partial charge in [-0.05, 0) is 51.1 Å². The van der Waals surface area contributed by atoms with E-state index in [4.69, 9.17) is 0 Å². The number of nitro benzene ring substituents is 1. The van der Waals surface area contributed by atoms with Gasteiger partial charge in [-0.2, -0.15) is 0 Å². The summed E-state index contributed by atoms with van der Waals surface area (Å²) in [6.07, 6.45) is 0. The molecule has 1 unspecified atom stereocenters. The number of non-ortho nitro benzene ring substituents is 1. The number of nitrogens with zero attached hydrogens (tertiary/aromatic N) is 2.